The first-order valence-corrected chi connectivity index (χ1v) is 7.46. The third-order valence-electron chi connectivity index (χ3n) is 3.72. The molecule has 2 rings (SSSR count). The van der Waals surface area contributed by atoms with Crippen molar-refractivity contribution in [3.63, 3.8) is 0 Å². The molecule has 2 aromatic rings. The van der Waals surface area contributed by atoms with Crippen molar-refractivity contribution in [3.05, 3.63) is 65.0 Å². The van der Waals surface area contributed by atoms with Gasteiger partial charge >= 0.3 is 6.03 Å². The molecule has 0 aliphatic carbocycles. The molecule has 22 heavy (non-hydrogen) atoms. The molecule has 116 valence electrons. The van der Waals surface area contributed by atoms with E-state index >= 15 is 0 Å². The summed E-state index contributed by atoms with van der Waals surface area (Å²) in [5.74, 6) is 0. The maximum absolute atomic E-state index is 12.3. The predicted octanol–water partition coefficient (Wildman–Crippen LogP) is 3.60. The van der Waals surface area contributed by atoms with Crippen LogP contribution in [-0.4, -0.2) is 23.0 Å². The SMILES string of the molecule is Cc1ccc(CN(C)C(=O)N[C@@H](C)c2ccccn2)c(C)c1. The van der Waals surface area contributed by atoms with Crippen LogP contribution in [0.25, 0.3) is 0 Å². The maximum Gasteiger partial charge on any atom is 0.317 e. The van der Waals surface area contributed by atoms with Gasteiger partial charge in [0.2, 0.25) is 0 Å². The van der Waals surface area contributed by atoms with Crippen LogP contribution in [0, 0.1) is 13.8 Å². The number of urea groups is 1. The van der Waals surface area contributed by atoms with Crippen molar-refractivity contribution >= 4 is 6.03 Å². The normalized spacial score (nSPS) is 11.8. The molecule has 0 saturated carbocycles. The summed E-state index contributed by atoms with van der Waals surface area (Å²) in [6, 6.07) is 11.8. The van der Waals surface area contributed by atoms with E-state index in [9.17, 15) is 4.79 Å². The van der Waals surface area contributed by atoms with Gasteiger partial charge in [0.1, 0.15) is 0 Å². The Bertz CT molecular complexity index is 640. The Hall–Kier alpha value is -2.36. The summed E-state index contributed by atoms with van der Waals surface area (Å²) in [6.45, 7) is 6.67. The van der Waals surface area contributed by atoms with Crippen molar-refractivity contribution < 1.29 is 4.79 Å². The molecule has 1 atom stereocenters. The zero-order chi connectivity index (χ0) is 16.1. The lowest BCUT2D eigenvalue weighted by Crippen LogP contribution is -2.38. The molecule has 0 aliphatic heterocycles. The molecular weight excluding hydrogens is 274 g/mol. The van der Waals surface area contributed by atoms with Crippen LogP contribution in [0.1, 0.15) is 35.3 Å². The number of aryl methyl sites for hydroxylation is 2. The zero-order valence-corrected chi connectivity index (χ0v) is 13.6. The van der Waals surface area contributed by atoms with Crippen LogP contribution in [0.5, 0.6) is 0 Å². The van der Waals surface area contributed by atoms with Crippen molar-refractivity contribution in [1.82, 2.24) is 15.2 Å². The molecule has 1 N–H and O–H groups in total. The number of amides is 2. The van der Waals surface area contributed by atoms with Gasteiger partial charge in [-0.3, -0.25) is 4.98 Å². The number of aromatic nitrogens is 1. The van der Waals surface area contributed by atoms with Crippen LogP contribution >= 0.6 is 0 Å². The second kappa shape index (κ2) is 7.07. The van der Waals surface area contributed by atoms with E-state index in [0.29, 0.717) is 6.54 Å². The average molecular weight is 297 g/mol. The smallest absolute Gasteiger partial charge is 0.317 e. The number of nitrogens with one attached hydrogen (secondary N) is 1. The highest BCUT2D eigenvalue weighted by molar-refractivity contribution is 5.74. The van der Waals surface area contributed by atoms with Gasteiger partial charge in [0, 0.05) is 19.8 Å². The van der Waals surface area contributed by atoms with E-state index in [1.54, 1.807) is 18.1 Å². The van der Waals surface area contributed by atoms with Gasteiger partial charge < -0.3 is 10.2 Å². The number of rotatable bonds is 4. The lowest BCUT2D eigenvalue weighted by Gasteiger charge is -2.22. The van der Waals surface area contributed by atoms with Crippen LogP contribution in [0.3, 0.4) is 0 Å². The third kappa shape index (κ3) is 4.07. The monoisotopic (exact) mass is 297 g/mol. The second-order valence-electron chi connectivity index (χ2n) is 5.71. The minimum absolute atomic E-state index is 0.0990. The Morgan fingerprint density at radius 3 is 2.68 bits per heavy atom. The number of pyridine rings is 1. The number of hydrogen-bond acceptors (Lipinski definition) is 2. The first-order chi connectivity index (χ1) is 10.5. The largest absolute Gasteiger partial charge is 0.330 e. The topological polar surface area (TPSA) is 45.2 Å². The van der Waals surface area contributed by atoms with Gasteiger partial charge in [-0.05, 0) is 44.0 Å². The summed E-state index contributed by atoms with van der Waals surface area (Å²) in [6.07, 6.45) is 1.73. The van der Waals surface area contributed by atoms with Gasteiger partial charge in [0.15, 0.2) is 0 Å². The van der Waals surface area contributed by atoms with Crippen molar-refractivity contribution in [3.8, 4) is 0 Å². The van der Waals surface area contributed by atoms with Crippen LogP contribution in [0.4, 0.5) is 4.79 Å². The van der Waals surface area contributed by atoms with E-state index in [-0.39, 0.29) is 12.1 Å². The lowest BCUT2D eigenvalue weighted by atomic mass is 10.1. The second-order valence-corrected chi connectivity index (χ2v) is 5.71. The molecule has 0 aliphatic rings. The summed E-state index contributed by atoms with van der Waals surface area (Å²) in [5, 5.41) is 2.97. The highest BCUT2D eigenvalue weighted by atomic mass is 16.2. The maximum atomic E-state index is 12.3. The van der Waals surface area contributed by atoms with Crippen LogP contribution < -0.4 is 5.32 Å². The van der Waals surface area contributed by atoms with Crippen molar-refractivity contribution in [2.45, 2.75) is 33.4 Å². The van der Waals surface area contributed by atoms with E-state index < -0.39 is 0 Å². The highest BCUT2D eigenvalue weighted by Gasteiger charge is 2.14. The Morgan fingerprint density at radius 1 is 1.27 bits per heavy atom. The number of benzene rings is 1. The predicted molar refractivity (Wildman–Crippen MR) is 88.6 cm³/mol. The molecule has 0 unspecified atom stereocenters. The third-order valence-corrected chi connectivity index (χ3v) is 3.72. The fourth-order valence-corrected chi connectivity index (χ4v) is 2.35. The zero-order valence-electron chi connectivity index (χ0n) is 13.6. The molecule has 0 saturated heterocycles. The summed E-state index contributed by atoms with van der Waals surface area (Å²) >= 11 is 0. The van der Waals surface area contributed by atoms with E-state index in [4.69, 9.17) is 0 Å². The fourth-order valence-electron chi connectivity index (χ4n) is 2.35. The van der Waals surface area contributed by atoms with E-state index in [2.05, 4.69) is 42.3 Å². The molecule has 2 amide bonds. The van der Waals surface area contributed by atoms with Gasteiger partial charge in [0.05, 0.1) is 11.7 Å². The van der Waals surface area contributed by atoms with Crippen molar-refractivity contribution in [2.75, 3.05) is 7.05 Å². The van der Waals surface area contributed by atoms with Crippen LogP contribution in [-0.2, 0) is 6.54 Å². The van der Waals surface area contributed by atoms with Gasteiger partial charge in [-0.25, -0.2) is 4.79 Å². The van der Waals surface area contributed by atoms with Gasteiger partial charge in [-0.2, -0.15) is 0 Å². The van der Waals surface area contributed by atoms with E-state index in [1.807, 2.05) is 25.1 Å². The Morgan fingerprint density at radius 2 is 2.05 bits per heavy atom. The molecule has 1 aromatic carbocycles. The van der Waals surface area contributed by atoms with Crippen molar-refractivity contribution in [2.24, 2.45) is 0 Å². The minimum Gasteiger partial charge on any atom is -0.330 e. The molecule has 4 nitrogen and oxygen atoms in total. The molecule has 0 bridgehead atoms. The Labute approximate surface area is 132 Å². The number of carbonyl (C=O) groups is 1. The number of carbonyl (C=O) groups excluding carboxylic acids is 1. The fraction of sp³-hybridized carbons (Fsp3) is 0.333. The molecule has 1 heterocycles. The van der Waals surface area contributed by atoms with Crippen LogP contribution in [0.15, 0.2) is 42.6 Å². The lowest BCUT2D eigenvalue weighted by molar-refractivity contribution is 0.203. The minimum atomic E-state index is -0.115. The summed E-state index contributed by atoms with van der Waals surface area (Å²) in [7, 11) is 1.81. The molecule has 1 aromatic heterocycles. The molecular formula is C18H23N3O. The number of nitrogens with zero attached hydrogens (tertiary/aromatic N) is 2. The molecule has 0 spiro atoms. The summed E-state index contributed by atoms with van der Waals surface area (Å²) in [5.41, 5.74) is 4.46. The summed E-state index contributed by atoms with van der Waals surface area (Å²) < 4.78 is 0. The number of hydrogen-bond donors (Lipinski definition) is 1. The van der Waals surface area contributed by atoms with Gasteiger partial charge in [-0.1, -0.05) is 29.8 Å². The Balaban J connectivity index is 1.97. The first kappa shape index (κ1) is 16.0. The van der Waals surface area contributed by atoms with Crippen LogP contribution in [0.2, 0.25) is 0 Å². The first-order valence-electron chi connectivity index (χ1n) is 7.46. The molecule has 4 heteroatoms. The highest BCUT2D eigenvalue weighted by Crippen LogP contribution is 2.13. The quantitative estimate of drug-likeness (QED) is 0.937. The summed E-state index contributed by atoms with van der Waals surface area (Å²) in [4.78, 5) is 18.3. The van der Waals surface area contributed by atoms with E-state index in [1.165, 1.54) is 11.1 Å². The Kier molecular flexibility index (Phi) is 5.15. The van der Waals surface area contributed by atoms with Gasteiger partial charge in [-0.15, -0.1) is 0 Å². The van der Waals surface area contributed by atoms with E-state index in [0.717, 1.165) is 11.3 Å². The standard InChI is InChI=1S/C18H23N3O/c1-13-8-9-16(14(2)11-13)12-21(4)18(22)20-15(3)17-7-5-6-10-19-17/h5-11,15H,12H2,1-4H3,(H,20,22)/t15-/m0/s1. The van der Waals surface area contributed by atoms with Gasteiger partial charge in [0.25, 0.3) is 0 Å². The molecule has 0 fully saturated rings. The van der Waals surface area contributed by atoms with Crippen molar-refractivity contribution in [1.29, 1.82) is 0 Å². The molecule has 0 radical (unpaired) electrons. The average Bonchev–Trinajstić information content (AvgIpc) is 2.50.